The lowest BCUT2D eigenvalue weighted by atomic mass is 10.1. The summed E-state index contributed by atoms with van der Waals surface area (Å²) in [4.78, 5) is 2.97. The molecule has 2 nitrogen and oxygen atoms in total. The average molecular weight is 287 g/mol. The molecule has 19 heavy (non-hydrogen) atoms. The zero-order valence-corrected chi connectivity index (χ0v) is 8.81. The molecule has 0 atom stereocenters. The first-order chi connectivity index (χ1) is 8.57. The van der Waals surface area contributed by atoms with Crippen LogP contribution >= 0.6 is 0 Å². The molecule has 0 amide bonds. The predicted octanol–water partition coefficient (Wildman–Crippen LogP) is 4.12. The Labute approximate surface area is 100 Å². The molecule has 0 aliphatic carbocycles. The Kier molecular flexibility index (Phi) is 2.76. The van der Waals surface area contributed by atoms with Crippen molar-refractivity contribution >= 4 is 11.1 Å². The van der Waals surface area contributed by atoms with Gasteiger partial charge in [-0.3, -0.25) is 0 Å². The van der Waals surface area contributed by atoms with Crippen molar-refractivity contribution in [3.05, 3.63) is 30.2 Å². The SMILES string of the molecule is FC(F)(F)C(F)(F)C(F)(F)c1nc2ccccc2o1. The van der Waals surface area contributed by atoms with Crippen LogP contribution in [-0.2, 0) is 5.92 Å². The third-order valence-corrected chi connectivity index (χ3v) is 2.31. The van der Waals surface area contributed by atoms with Crippen LogP contribution in [0.15, 0.2) is 28.7 Å². The Morgan fingerprint density at radius 2 is 1.47 bits per heavy atom. The van der Waals surface area contributed by atoms with Crippen molar-refractivity contribution in [3.8, 4) is 0 Å². The number of halogens is 7. The van der Waals surface area contributed by atoms with E-state index in [0.717, 1.165) is 12.1 Å². The lowest BCUT2D eigenvalue weighted by Gasteiger charge is -2.25. The van der Waals surface area contributed by atoms with Gasteiger partial charge in [0, 0.05) is 0 Å². The molecular weight excluding hydrogens is 283 g/mol. The number of oxazole rings is 1. The zero-order valence-electron chi connectivity index (χ0n) is 8.81. The smallest absolute Gasteiger partial charge is 0.435 e. The van der Waals surface area contributed by atoms with Crippen molar-refractivity contribution in [1.29, 1.82) is 0 Å². The maximum absolute atomic E-state index is 13.2. The number of hydrogen-bond donors (Lipinski definition) is 0. The van der Waals surface area contributed by atoms with Crippen LogP contribution in [0.3, 0.4) is 0 Å². The molecule has 104 valence electrons. The van der Waals surface area contributed by atoms with Crippen LogP contribution in [0.25, 0.3) is 11.1 Å². The number of aromatic nitrogens is 1. The predicted molar refractivity (Wildman–Crippen MR) is 48.9 cm³/mol. The first-order valence-electron chi connectivity index (χ1n) is 4.76. The first kappa shape index (κ1) is 13.6. The van der Waals surface area contributed by atoms with Crippen LogP contribution in [0.1, 0.15) is 5.89 Å². The van der Waals surface area contributed by atoms with E-state index in [0.29, 0.717) is 0 Å². The van der Waals surface area contributed by atoms with Gasteiger partial charge in [0.1, 0.15) is 5.52 Å². The summed E-state index contributed by atoms with van der Waals surface area (Å²) in [6, 6.07) is 4.93. The number of benzene rings is 1. The van der Waals surface area contributed by atoms with Crippen molar-refractivity contribution in [2.24, 2.45) is 0 Å². The van der Waals surface area contributed by atoms with Gasteiger partial charge in [-0.25, -0.2) is 4.98 Å². The third-order valence-electron chi connectivity index (χ3n) is 2.31. The maximum Gasteiger partial charge on any atom is 0.460 e. The molecule has 0 aliphatic heterocycles. The largest absolute Gasteiger partial charge is 0.460 e. The van der Waals surface area contributed by atoms with Gasteiger partial charge in [0.25, 0.3) is 5.89 Å². The summed E-state index contributed by atoms with van der Waals surface area (Å²) in [5.41, 5.74) is -0.551. The summed E-state index contributed by atoms with van der Waals surface area (Å²) in [5, 5.41) is 0. The molecule has 1 heterocycles. The highest BCUT2D eigenvalue weighted by Gasteiger charge is 2.75. The minimum Gasteiger partial charge on any atom is -0.435 e. The fraction of sp³-hybridized carbons (Fsp3) is 0.300. The number of hydrogen-bond acceptors (Lipinski definition) is 2. The van der Waals surface area contributed by atoms with Crippen LogP contribution in [0.2, 0.25) is 0 Å². The van der Waals surface area contributed by atoms with Gasteiger partial charge in [-0.2, -0.15) is 30.7 Å². The molecule has 2 aromatic rings. The monoisotopic (exact) mass is 287 g/mol. The zero-order chi connectivity index (χ0) is 14.5. The Morgan fingerprint density at radius 1 is 0.895 bits per heavy atom. The summed E-state index contributed by atoms with van der Waals surface area (Å²) < 4.78 is 92.2. The van der Waals surface area contributed by atoms with Crippen molar-refractivity contribution in [2.75, 3.05) is 0 Å². The normalized spacial score (nSPS) is 14.1. The second-order valence-electron chi connectivity index (χ2n) is 3.63. The van der Waals surface area contributed by atoms with E-state index in [2.05, 4.69) is 9.40 Å². The molecule has 1 aromatic carbocycles. The van der Waals surface area contributed by atoms with Crippen LogP contribution in [0.5, 0.6) is 0 Å². The summed E-state index contributed by atoms with van der Waals surface area (Å²) in [6.45, 7) is 0. The van der Waals surface area contributed by atoms with Crippen LogP contribution in [0, 0.1) is 0 Å². The second-order valence-corrected chi connectivity index (χ2v) is 3.63. The number of fused-ring (bicyclic) bond motifs is 1. The Morgan fingerprint density at radius 3 is 2.00 bits per heavy atom. The molecule has 0 saturated carbocycles. The van der Waals surface area contributed by atoms with Gasteiger partial charge in [-0.1, -0.05) is 12.1 Å². The molecule has 0 unspecified atom stereocenters. The van der Waals surface area contributed by atoms with Crippen LogP contribution < -0.4 is 0 Å². The van der Waals surface area contributed by atoms with Gasteiger partial charge >= 0.3 is 18.0 Å². The minimum atomic E-state index is -6.42. The van der Waals surface area contributed by atoms with E-state index in [1.165, 1.54) is 12.1 Å². The van der Waals surface area contributed by atoms with Gasteiger partial charge in [0.15, 0.2) is 5.58 Å². The van der Waals surface area contributed by atoms with Crippen LogP contribution in [-0.4, -0.2) is 17.1 Å². The van der Waals surface area contributed by atoms with Gasteiger partial charge in [-0.05, 0) is 12.1 Å². The van der Waals surface area contributed by atoms with E-state index in [4.69, 9.17) is 0 Å². The van der Waals surface area contributed by atoms with Gasteiger partial charge in [-0.15, -0.1) is 0 Å². The third kappa shape index (κ3) is 1.92. The summed E-state index contributed by atoms with van der Waals surface area (Å²) in [7, 11) is 0. The molecule has 9 heteroatoms. The molecule has 0 aliphatic rings. The quantitative estimate of drug-likeness (QED) is 0.777. The van der Waals surface area contributed by atoms with Gasteiger partial charge in [0.2, 0.25) is 0 Å². The Hall–Kier alpha value is -1.80. The van der Waals surface area contributed by atoms with E-state index in [-0.39, 0.29) is 11.1 Å². The maximum atomic E-state index is 13.2. The highest BCUT2D eigenvalue weighted by Crippen LogP contribution is 2.51. The average Bonchev–Trinajstić information content (AvgIpc) is 2.71. The van der Waals surface area contributed by atoms with E-state index >= 15 is 0 Å². The number of para-hydroxylation sites is 2. The van der Waals surface area contributed by atoms with E-state index in [9.17, 15) is 30.7 Å². The molecule has 0 N–H and O–H groups in total. The van der Waals surface area contributed by atoms with E-state index in [1.54, 1.807) is 0 Å². The van der Waals surface area contributed by atoms with Crippen molar-refractivity contribution in [1.82, 2.24) is 4.98 Å². The lowest BCUT2D eigenvalue weighted by Crippen LogP contribution is -2.50. The van der Waals surface area contributed by atoms with E-state index < -0.39 is 23.9 Å². The molecule has 2 rings (SSSR count). The fourth-order valence-corrected chi connectivity index (χ4v) is 1.32. The second kappa shape index (κ2) is 3.84. The topological polar surface area (TPSA) is 26.0 Å². The highest BCUT2D eigenvalue weighted by atomic mass is 19.4. The van der Waals surface area contributed by atoms with Crippen molar-refractivity contribution < 1.29 is 35.2 Å². The summed E-state index contributed by atoms with van der Waals surface area (Å²) in [5.74, 6) is -13.8. The molecule has 0 spiro atoms. The Bertz CT molecular complexity index is 568. The lowest BCUT2D eigenvalue weighted by molar-refractivity contribution is -0.363. The molecule has 0 fully saturated rings. The summed E-state index contributed by atoms with van der Waals surface area (Å²) in [6.07, 6.45) is -6.42. The van der Waals surface area contributed by atoms with Crippen molar-refractivity contribution in [3.63, 3.8) is 0 Å². The number of nitrogens with zero attached hydrogens (tertiary/aromatic N) is 1. The standard InChI is InChI=1S/C10H4F7NO/c11-8(12,9(13,14)10(15,16)17)7-18-5-3-1-2-4-6(5)19-7/h1-4H. The molecule has 1 aromatic heterocycles. The fourth-order valence-electron chi connectivity index (χ4n) is 1.32. The number of rotatable bonds is 2. The molecule has 0 saturated heterocycles. The number of alkyl halides is 7. The molecular formula is C10H4F7NO. The minimum absolute atomic E-state index is 0.241. The highest BCUT2D eigenvalue weighted by molar-refractivity contribution is 5.72. The van der Waals surface area contributed by atoms with E-state index in [1.807, 2.05) is 0 Å². The van der Waals surface area contributed by atoms with Crippen molar-refractivity contribution in [2.45, 2.75) is 18.0 Å². The van der Waals surface area contributed by atoms with Gasteiger partial charge in [0.05, 0.1) is 0 Å². The molecule has 0 bridgehead atoms. The van der Waals surface area contributed by atoms with Crippen LogP contribution in [0.4, 0.5) is 30.7 Å². The first-order valence-corrected chi connectivity index (χ1v) is 4.76. The molecule has 0 radical (unpaired) electrons. The Balaban J connectivity index is 2.55. The van der Waals surface area contributed by atoms with Gasteiger partial charge < -0.3 is 4.42 Å². The summed E-state index contributed by atoms with van der Waals surface area (Å²) >= 11 is 0.